The van der Waals surface area contributed by atoms with Crippen LogP contribution in [-0.2, 0) is 4.79 Å². The van der Waals surface area contributed by atoms with Gasteiger partial charge in [-0.2, -0.15) is 0 Å². The molecular weight excluding hydrogens is 380 g/mol. The second-order valence-corrected chi connectivity index (χ2v) is 6.54. The van der Waals surface area contributed by atoms with E-state index in [1.165, 1.54) is 12.4 Å². The summed E-state index contributed by atoms with van der Waals surface area (Å²) in [5.74, 6) is 0.0358. The lowest BCUT2D eigenvalue weighted by atomic mass is 10.1. The third-order valence-electron chi connectivity index (χ3n) is 4.46. The maximum Gasteiger partial charge on any atom is 0.247 e. The molecule has 8 heteroatoms. The number of aromatic nitrogens is 5. The van der Waals surface area contributed by atoms with E-state index in [1.54, 1.807) is 18.6 Å². The Morgan fingerprint density at radius 1 is 1.23 bits per heavy atom. The summed E-state index contributed by atoms with van der Waals surface area (Å²) in [6, 6.07) is 5.68. The summed E-state index contributed by atoms with van der Waals surface area (Å²) in [5.41, 5.74) is 4.61. The van der Waals surface area contributed by atoms with Gasteiger partial charge in [0.05, 0.1) is 12.3 Å². The fourth-order valence-corrected chi connectivity index (χ4v) is 3.02. The molecule has 150 valence electrons. The predicted molar refractivity (Wildman–Crippen MR) is 115 cm³/mol. The highest BCUT2D eigenvalue weighted by atomic mass is 16.5. The number of ether oxygens (including phenoxy) is 1. The SMILES string of the molecule is C=CC(=O)Nc1cc(-c2cnc3[nH]cc(-c4ccncn4)c3c2)cnc1OCCC. The van der Waals surface area contributed by atoms with Crippen LogP contribution >= 0.6 is 0 Å². The maximum atomic E-state index is 11.9. The second kappa shape index (κ2) is 8.52. The van der Waals surface area contributed by atoms with Crippen molar-refractivity contribution in [1.82, 2.24) is 24.9 Å². The lowest BCUT2D eigenvalue weighted by Gasteiger charge is -2.12. The van der Waals surface area contributed by atoms with Crippen molar-refractivity contribution in [3.8, 4) is 28.3 Å². The van der Waals surface area contributed by atoms with Gasteiger partial charge in [0.15, 0.2) is 0 Å². The Morgan fingerprint density at radius 2 is 2.07 bits per heavy atom. The van der Waals surface area contributed by atoms with Crippen LogP contribution in [-0.4, -0.2) is 37.4 Å². The Balaban J connectivity index is 1.76. The van der Waals surface area contributed by atoms with Gasteiger partial charge in [0, 0.05) is 46.9 Å². The third kappa shape index (κ3) is 3.88. The molecule has 0 saturated carbocycles. The first-order valence-electron chi connectivity index (χ1n) is 9.49. The average molecular weight is 400 g/mol. The van der Waals surface area contributed by atoms with Crippen molar-refractivity contribution in [2.75, 3.05) is 11.9 Å². The Kier molecular flexibility index (Phi) is 5.47. The Bertz CT molecular complexity index is 1200. The molecule has 0 aromatic carbocycles. The van der Waals surface area contributed by atoms with Gasteiger partial charge >= 0.3 is 0 Å². The van der Waals surface area contributed by atoms with E-state index in [2.05, 4.69) is 36.8 Å². The van der Waals surface area contributed by atoms with E-state index in [1.807, 2.05) is 31.3 Å². The van der Waals surface area contributed by atoms with Crippen LogP contribution in [0.2, 0.25) is 0 Å². The Labute approximate surface area is 173 Å². The highest BCUT2D eigenvalue weighted by molar-refractivity contribution is 6.00. The number of aromatic amines is 1. The summed E-state index contributed by atoms with van der Waals surface area (Å²) < 4.78 is 5.66. The van der Waals surface area contributed by atoms with Crippen molar-refractivity contribution < 1.29 is 9.53 Å². The van der Waals surface area contributed by atoms with Crippen molar-refractivity contribution in [3.05, 3.63) is 62.0 Å². The zero-order valence-corrected chi connectivity index (χ0v) is 16.4. The first-order chi connectivity index (χ1) is 14.7. The topological polar surface area (TPSA) is 106 Å². The molecule has 4 aromatic rings. The van der Waals surface area contributed by atoms with E-state index in [-0.39, 0.29) is 5.91 Å². The first kappa shape index (κ1) is 19.3. The number of carbonyl (C=O) groups is 1. The second-order valence-electron chi connectivity index (χ2n) is 6.54. The molecule has 8 nitrogen and oxygen atoms in total. The third-order valence-corrected chi connectivity index (χ3v) is 4.46. The van der Waals surface area contributed by atoms with Crippen molar-refractivity contribution in [2.24, 2.45) is 0 Å². The Hall–Kier alpha value is -4.07. The van der Waals surface area contributed by atoms with Crippen LogP contribution in [0.25, 0.3) is 33.4 Å². The fourth-order valence-electron chi connectivity index (χ4n) is 3.02. The summed E-state index contributed by atoms with van der Waals surface area (Å²) >= 11 is 0. The van der Waals surface area contributed by atoms with Crippen LogP contribution in [0, 0.1) is 0 Å². The number of nitrogens with zero attached hydrogens (tertiary/aromatic N) is 4. The minimum atomic E-state index is -0.333. The van der Waals surface area contributed by atoms with Gasteiger partial charge in [-0.15, -0.1) is 0 Å². The minimum Gasteiger partial charge on any atom is -0.476 e. The normalized spacial score (nSPS) is 10.7. The van der Waals surface area contributed by atoms with Gasteiger partial charge in [-0.05, 0) is 30.7 Å². The molecule has 0 radical (unpaired) electrons. The molecule has 1 amide bonds. The highest BCUT2D eigenvalue weighted by Crippen LogP contribution is 2.32. The Morgan fingerprint density at radius 3 is 2.83 bits per heavy atom. The van der Waals surface area contributed by atoms with Crippen molar-refractivity contribution in [1.29, 1.82) is 0 Å². The highest BCUT2D eigenvalue weighted by Gasteiger charge is 2.13. The van der Waals surface area contributed by atoms with E-state index >= 15 is 0 Å². The molecule has 4 heterocycles. The number of H-pyrrole nitrogens is 1. The number of amides is 1. The molecule has 0 aliphatic rings. The number of rotatable bonds is 7. The molecule has 0 aliphatic carbocycles. The van der Waals surface area contributed by atoms with Crippen molar-refractivity contribution in [2.45, 2.75) is 13.3 Å². The van der Waals surface area contributed by atoms with E-state index in [9.17, 15) is 4.79 Å². The van der Waals surface area contributed by atoms with Crippen molar-refractivity contribution >= 4 is 22.6 Å². The van der Waals surface area contributed by atoms with Gasteiger partial charge in [0.2, 0.25) is 11.8 Å². The van der Waals surface area contributed by atoms with Crippen LogP contribution in [0.15, 0.2) is 62.0 Å². The number of hydrogen-bond donors (Lipinski definition) is 2. The van der Waals surface area contributed by atoms with E-state index < -0.39 is 0 Å². The lowest BCUT2D eigenvalue weighted by Crippen LogP contribution is -2.10. The van der Waals surface area contributed by atoms with Gasteiger partial charge in [-0.25, -0.2) is 19.9 Å². The van der Waals surface area contributed by atoms with E-state index in [0.29, 0.717) is 18.2 Å². The molecule has 4 aromatic heterocycles. The van der Waals surface area contributed by atoms with E-state index in [0.717, 1.165) is 39.8 Å². The number of fused-ring (bicyclic) bond motifs is 1. The number of nitrogens with one attached hydrogen (secondary N) is 2. The molecule has 2 N–H and O–H groups in total. The van der Waals surface area contributed by atoms with Crippen LogP contribution in [0.3, 0.4) is 0 Å². The quantitative estimate of drug-likeness (QED) is 0.454. The molecule has 0 bridgehead atoms. The monoisotopic (exact) mass is 400 g/mol. The largest absolute Gasteiger partial charge is 0.476 e. The van der Waals surface area contributed by atoms with Crippen LogP contribution in [0.1, 0.15) is 13.3 Å². The summed E-state index contributed by atoms with van der Waals surface area (Å²) in [6.07, 6.45) is 10.6. The minimum absolute atomic E-state index is 0.333. The van der Waals surface area contributed by atoms with Gasteiger partial charge in [0.1, 0.15) is 17.7 Å². The number of carbonyl (C=O) groups excluding carboxylic acids is 1. The standard InChI is InChI=1S/C22H20N6O2/c1-3-7-30-22-19(28-20(29)4-2)9-15(11-26-22)14-8-16-17(12-25-21(16)24-10-14)18-5-6-23-13-27-18/h4-6,8-13H,2-3,7H2,1H3,(H,24,25)(H,28,29). The zero-order valence-electron chi connectivity index (χ0n) is 16.4. The van der Waals surface area contributed by atoms with Gasteiger partial charge < -0.3 is 15.0 Å². The molecular formula is C22H20N6O2. The van der Waals surface area contributed by atoms with Crippen LogP contribution in [0.5, 0.6) is 5.88 Å². The summed E-state index contributed by atoms with van der Waals surface area (Å²) in [7, 11) is 0. The summed E-state index contributed by atoms with van der Waals surface area (Å²) in [6.45, 7) is 6.00. The smallest absolute Gasteiger partial charge is 0.247 e. The number of hydrogen-bond acceptors (Lipinski definition) is 6. The molecule has 0 fully saturated rings. The van der Waals surface area contributed by atoms with Gasteiger partial charge in [-0.3, -0.25) is 4.79 Å². The summed E-state index contributed by atoms with van der Waals surface area (Å²) in [5, 5.41) is 3.69. The van der Waals surface area contributed by atoms with Crippen LogP contribution in [0.4, 0.5) is 5.69 Å². The molecule has 4 rings (SSSR count). The summed E-state index contributed by atoms with van der Waals surface area (Å²) in [4.78, 5) is 32.2. The lowest BCUT2D eigenvalue weighted by molar-refractivity contribution is -0.111. The number of pyridine rings is 2. The number of anilines is 1. The molecule has 0 aliphatic heterocycles. The first-order valence-corrected chi connectivity index (χ1v) is 9.49. The molecule has 30 heavy (non-hydrogen) atoms. The van der Waals surface area contributed by atoms with Gasteiger partial charge in [-0.1, -0.05) is 13.5 Å². The molecule has 0 spiro atoms. The zero-order chi connectivity index (χ0) is 20.9. The molecule has 0 unspecified atom stereocenters. The fraction of sp³-hybridized carbons (Fsp3) is 0.136. The van der Waals surface area contributed by atoms with E-state index in [4.69, 9.17) is 4.74 Å². The molecule has 0 atom stereocenters. The maximum absolute atomic E-state index is 11.9. The molecule has 0 saturated heterocycles. The van der Waals surface area contributed by atoms with Gasteiger partial charge in [0.25, 0.3) is 0 Å². The predicted octanol–water partition coefficient (Wildman–Crippen LogP) is 4.00. The van der Waals surface area contributed by atoms with Crippen molar-refractivity contribution in [3.63, 3.8) is 0 Å². The van der Waals surface area contributed by atoms with Crippen LogP contribution < -0.4 is 10.1 Å². The average Bonchev–Trinajstić information content (AvgIpc) is 3.22.